The lowest BCUT2D eigenvalue weighted by atomic mass is 10.0. The van der Waals surface area contributed by atoms with Gasteiger partial charge in [0, 0.05) is 5.56 Å². The van der Waals surface area contributed by atoms with E-state index in [4.69, 9.17) is 0 Å². The SMILES string of the molecule is O=Cc1[c]cc(-c2ccccc2)cc1. The van der Waals surface area contributed by atoms with Crippen LogP contribution in [0.25, 0.3) is 11.1 Å². The van der Waals surface area contributed by atoms with E-state index in [0.717, 1.165) is 17.4 Å². The largest absolute Gasteiger partial charge is 0.298 e. The van der Waals surface area contributed by atoms with Gasteiger partial charge in [-0.1, -0.05) is 42.5 Å². The van der Waals surface area contributed by atoms with Gasteiger partial charge in [-0.3, -0.25) is 4.79 Å². The summed E-state index contributed by atoms with van der Waals surface area (Å²) in [5.41, 5.74) is 2.81. The van der Waals surface area contributed by atoms with Crippen LogP contribution in [0.4, 0.5) is 0 Å². The third-order valence-corrected chi connectivity index (χ3v) is 2.07. The molecule has 0 heterocycles. The van der Waals surface area contributed by atoms with Gasteiger partial charge < -0.3 is 0 Å². The van der Waals surface area contributed by atoms with Crippen molar-refractivity contribution in [3.63, 3.8) is 0 Å². The standard InChI is InChI=1S/C13H9O/c14-10-11-6-8-13(9-7-11)12-4-2-1-3-5-12/h1-6,8-10H. The fraction of sp³-hybridized carbons (Fsp3) is 0. The van der Waals surface area contributed by atoms with E-state index in [9.17, 15) is 4.79 Å². The van der Waals surface area contributed by atoms with E-state index in [0.29, 0.717) is 5.56 Å². The lowest BCUT2D eigenvalue weighted by molar-refractivity contribution is 0.112. The van der Waals surface area contributed by atoms with E-state index in [2.05, 4.69) is 6.07 Å². The van der Waals surface area contributed by atoms with Crippen molar-refractivity contribution in [2.75, 3.05) is 0 Å². The van der Waals surface area contributed by atoms with Gasteiger partial charge in [-0.2, -0.15) is 0 Å². The number of carbonyl (C=O) groups is 1. The summed E-state index contributed by atoms with van der Waals surface area (Å²) in [7, 11) is 0. The first-order valence-electron chi connectivity index (χ1n) is 4.42. The molecule has 67 valence electrons. The van der Waals surface area contributed by atoms with Crippen LogP contribution in [0.2, 0.25) is 0 Å². The summed E-state index contributed by atoms with van der Waals surface area (Å²) in [4.78, 5) is 10.4. The second kappa shape index (κ2) is 3.88. The predicted octanol–water partition coefficient (Wildman–Crippen LogP) is 2.97. The number of carbonyl (C=O) groups excluding carboxylic acids is 1. The Labute approximate surface area is 83.0 Å². The number of aldehydes is 1. The summed E-state index contributed by atoms with van der Waals surface area (Å²) in [6.07, 6.45) is 0.800. The highest BCUT2D eigenvalue weighted by Crippen LogP contribution is 2.18. The maximum Gasteiger partial charge on any atom is 0.150 e. The molecular weight excluding hydrogens is 172 g/mol. The molecule has 2 aromatic carbocycles. The van der Waals surface area contributed by atoms with Gasteiger partial charge in [0.25, 0.3) is 0 Å². The third-order valence-electron chi connectivity index (χ3n) is 2.07. The second-order valence-corrected chi connectivity index (χ2v) is 3.02. The predicted molar refractivity (Wildman–Crippen MR) is 56.1 cm³/mol. The Morgan fingerprint density at radius 2 is 1.71 bits per heavy atom. The molecule has 0 saturated heterocycles. The molecule has 0 bridgehead atoms. The molecule has 0 aliphatic heterocycles. The Hall–Kier alpha value is -1.89. The zero-order valence-corrected chi connectivity index (χ0v) is 7.60. The van der Waals surface area contributed by atoms with Crippen molar-refractivity contribution in [3.05, 3.63) is 60.2 Å². The van der Waals surface area contributed by atoms with Crippen LogP contribution < -0.4 is 0 Å². The summed E-state index contributed by atoms with van der Waals surface area (Å²) < 4.78 is 0. The van der Waals surface area contributed by atoms with Gasteiger partial charge in [-0.25, -0.2) is 0 Å². The van der Waals surface area contributed by atoms with Crippen molar-refractivity contribution in [2.24, 2.45) is 0 Å². The van der Waals surface area contributed by atoms with Gasteiger partial charge in [-0.05, 0) is 23.3 Å². The molecule has 0 atom stereocenters. The van der Waals surface area contributed by atoms with Gasteiger partial charge in [-0.15, -0.1) is 0 Å². The van der Waals surface area contributed by atoms with Crippen molar-refractivity contribution in [1.82, 2.24) is 0 Å². The Bertz CT molecular complexity index is 415. The van der Waals surface area contributed by atoms with Crippen LogP contribution in [0, 0.1) is 6.07 Å². The second-order valence-electron chi connectivity index (χ2n) is 3.02. The molecule has 1 radical (unpaired) electrons. The van der Waals surface area contributed by atoms with Crippen LogP contribution in [-0.2, 0) is 0 Å². The smallest absolute Gasteiger partial charge is 0.150 e. The zero-order chi connectivity index (χ0) is 9.80. The lowest BCUT2D eigenvalue weighted by Crippen LogP contribution is -1.81. The Kier molecular flexibility index (Phi) is 2.41. The van der Waals surface area contributed by atoms with Crippen LogP contribution in [0.5, 0.6) is 0 Å². The van der Waals surface area contributed by atoms with Gasteiger partial charge >= 0.3 is 0 Å². The van der Waals surface area contributed by atoms with E-state index in [1.165, 1.54) is 0 Å². The molecule has 1 nitrogen and oxygen atoms in total. The first-order valence-corrected chi connectivity index (χ1v) is 4.42. The average Bonchev–Trinajstić information content (AvgIpc) is 2.30. The number of hydrogen-bond donors (Lipinski definition) is 0. The average molecular weight is 181 g/mol. The minimum absolute atomic E-state index is 0.588. The monoisotopic (exact) mass is 181 g/mol. The van der Waals surface area contributed by atoms with Gasteiger partial charge in [0.15, 0.2) is 6.29 Å². The van der Waals surface area contributed by atoms with Gasteiger partial charge in [0.05, 0.1) is 0 Å². The van der Waals surface area contributed by atoms with E-state index < -0.39 is 0 Å². The summed E-state index contributed by atoms with van der Waals surface area (Å²) in [5, 5.41) is 0. The molecule has 0 spiro atoms. The Morgan fingerprint density at radius 3 is 2.29 bits per heavy atom. The molecule has 0 saturated carbocycles. The quantitative estimate of drug-likeness (QED) is 0.651. The lowest BCUT2D eigenvalue weighted by Gasteiger charge is -2.00. The summed E-state index contributed by atoms with van der Waals surface area (Å²) in [6, 6.07) is 18.5. The van der Waals surface area contributed by atoms with Crippen molar-refractivity contribution >= 4 is 6.29 Å². The molecule has 0 unspecified atom stereocenters. The number of rotatable bonds is 2. The van der Waals surface area contributed by atoms with Crippen LogP contribution >= 0.6 is 0 Å². The van der Waals surface area contributed by atoms with Crippen molar-refractivity contribution in [1.29, 1.82) is 0 Å². The fourth-order valence-corrected chi connectivity index (χ4v) is 1.32. The molecule has 0 amide bonds. The van der Waals surface area contributed by atoms with Crippen LogP contribution in [0.1, 0.15) is 10.4 Å². The minimum Gasteiger partial charge on any atom is -0.298 e. The summed E-state index contributed by atoms with van der Waals surface area (Å²) in [6.45, 7) is 0. The molecule has 0 aromatic heterocycles. The summed E-state index contributed by atoms with van der Waals surface area (Å²) in [5.74, 6) is 0. The third kappa shape index (κ3) is 1.72. The van der Waals surface area contributed by atoms with E-state index in [-0.39, 0.29) is 0 Å². The minimum atomic E-state index is 0.588. The molecule has 14 heavy (non-hydrogen) atoms. The maximum absolute atomic E-state index is 10.4. The number of hydrogen-bond acceptors (Lipinski definition) is 1. The zero-order valence-electron chi connectivity index (χ0n) is 7.60. The molecule has 1 heteroatoms. The highest BCUT2D eigenvalue weighted by Gasteiger charge is 1.95. The van der Waals surface area contributed by atoms with Crippen molar-refractivity contribution in [2.45, 2.75) is 0 Å². The number of benzene rings is 2. The van der Waals surface area contributed by atoms with Gasteiger partial charge in [0.2, 0.25) is 0 Å². The van der Waals surface area contributed by atoms with E-state index in [1.807, 2.05) is 42.5 Å². The molecule has 0 aliphatic rings. The molecule has 2 aromatic rings. The molecule has 0 N–H and O–H groups in total. The van der Waals surface area contributed by atoms with Crippen LogP contribution in [-0.4, -0.2) is 6.29 Å². The molecule has 0 aliphatic carbocycles. The van der Waals surface area contributed by atoms with Crippen molar-refractivity contribution in [3.8, 4) is 11.1 Å². The van der Waals surface area contributed by atoms with E-state index in [1.54, 1.807) is 6.07 Å². The topological polar surface area (TPSA) is 17.1 Å². The first kappa shape index (κ1) is 8.70. The molecular formula is C13H9O. The normalized spacial score (nSPS) is 9.71. The van der Waals surface area contributed by atoms with Crippen LogP contribution in [0.3, 0.4) is 0 Å². The first-order chi connectivity index (χ1) is 6.90. The Morgan fingerprint density at radius 1 is 0.929 bits per heavy atom. The summed E-state index contributed by atoms with van der Waals surface area (Å²) >= 11 is 0. The fourth-order valence-electron chi connectivity index (χ4n) is 1.32. The van der Waals surface area contributed by atoms with Crippen molar-refractivity contribution < 1.29 is 4.79 Å². The van der Waals surface area contributed by atoms with E-state index >= 15 is 0 Å². The van der Waals surface area contributed by atoms with Crippen LogP contribution in [0.15, 0.2) is 48.5 Å². The highest BCUT2D eigenvalue weighted by molar-refractivity contribution is 5.76. The molecule has 2 rings (SSSR count). The highest BCUT2D eigenvalue weighted by atomic mass is 16.1. The molecule has 0 fully saturated rings. The Balaban J connectivity index is 2.39. The van der Waals surface area contributed by atoms with Gasteiger partial charge in [0.1, 0.15) is 0 Å². The maximum atomic E-state index is 10.4.